The molecule has 0 aromatic carbocycles. The number of nitrogens with one attached hydrogen (secondary N) is 1. The number of fused-ring (bicyclic) bond motifs is 1. The van der Waals surface area contributed by atoms with Gasteiger partial charge in [0.2, 0.25) is 0 Å². The fourth-order valence-electron chi connectivity index (χ4n) is 4.76. The minimum Gasteiger partial charge on any atom is -0.320 e. The van der Waals surface area contributed by atoms with Gasteiger partial charge in [-0.1, -0.05) is 32.6 Å². The molecule has 2 heteroatoms. The van der Waals surface area contributed by atoms with Gasteiger partial charge in [0.1, 0.15) is 0 Å². The first-order chi connectivity index (χ1) is 9.72. The highest BCUT2D eigenvalue weighted by molar-refractivity contribution is 4.92. The maximum absolute atomic E-state index is 3.25. The van der Waals surface area contributed by atoms with Crippen molar-refractivity contribution in [2.24, 2.45) is 17.8 Å². The summed E-state index contributed by atoms with van der Waals surface area (Å²) < 4.78 is 0. The maximum Gasteiger partial charge on any atom is 0.0126 e. The van der Waals surface area contributed by atoms with Crippen LogP contribution in [-0.2, 0) is 0 Å². The van der Waals surface area contributed by atoms with Crippen LogP contribution in [0.15, 0.2) is 0 Å². The van der Waals surface area contributed by atoms with E-state index >= 15 is 0 Å². The van der Waals surface area contributed by atoms with Gasteiger partial charge in [-0.15, -0.1) is 0 Å². The van der Waals surface area contributed by atoms with Gasteiger partial charge in [0.15, 0.2) is 0 Å². The fraction of sp³-hybridized carbons (Fsp3) is 1.00. The monoisotopic (exact) mass is 280 g/mol. The number of likely N-dealkylation sites (tertiary alicyclic amines) is 1. The lowest BCUT2D eigenvalue weighted by molar-refractivity contribution is 0.0184. The van der Waals surface area contributed by atoms with Gasteiger partial charge in [-0.3, -0.25) is 0 Å². The van der Waals surface area contributed by atoms with Crippen LogP contribution in [0.4, 0.5) is 0 Å². The molecule has 1 saturated heterocycles. The Morgan fingerprint density at radius 2 is 1.90 bits per heavy atom. The topological polar surface area (TPSA) is 15.3 Å². The third kappa shape index (κ3) is 4.46. The summed E-state index contributed by atoms with van der Waals surface area (Å²) in [7, 11) is 4.42. The summed E-state index contributed by atoms with van der Waals surface area (Å²) >= 11 is 0. The Kier molecular flexibility index (Phi) is 6.83. The lowest BCUT2D eigenvalue weighted by Gasteiger charge is -2.48. The van der Waals surface area contributed by atoms with E-state index in [0.717, 1.165) is 23.8 Å². The Morgan fingerprint density at radius 1 is 1.10 bits per heavy atom. The lowest BCUT2D eigenvalue weighted by Crippen LogP contribution is -2.49. The minimum atomic E-state index is 0.904. The number of hydrogen-bond acceptors (Lipinski definition) is 2. The molecule has 118 valence electrons. The number of unbranched alkanes of at least 4 members (excludes halogenated alkanes) is 3. The van der Waals surface area contributed by atoms with Crippen LogP contribution >= 0.6 is 0 Å². The number of rotatable bonds is 7. The van der Waals surface area contributed by atoms with Crippen molar-refractivity contribution in [3.8, 4) is 0 Å². The maximum atomic E-state index is 3.25. The van der Waals surface area contributed by atoms with E-state index in [0.29, 0.717) is 0 Å². The van der Waals surface area contributed by atoms with Crippen molar-refractivity contribution in [1.29, 1.82) is 0 Å². The molecule has 1 saturated carbocycles. The van der Waals surface area contributed by atoms with E-state index in [1.165, 1.54) is 70.9 Å². The SMILES string of the molecule is CNCCCCCC[C@H]1C[C@@H](C)C[C@@H]2[C@@H]1CCCN2C. The Morgan fingerprint density at radius 3 is 2.70 bits per heavy atom. The Labute approximate surface area is 126 Å². The molecule has 0 aromatic heterocycles. The van der Waals surface area contributed by atoms with E-state index in [9.17, 15) is 0 Å². The van der Waals surface area contributed by atoms with Crippen molar-refractivity contribution >= 4 is 0 Å². The van der Waals surface area contributed by atoms with Gasteiger partial charge >= 0.3 is 0 Å². The van der Waals surface area contributed by atoms with Gasteiger partial charge in [0.25, 0.3) is 0 Å². The highest BCUT2D eigenvalue weighted by Crippen LogP contribution is 2.43. The molecule has 1 N–H and O–H groups in total. The molecule has 0 bridgehead atoms. The molecule has 0 unspecified atom stereocenters. The molecule has 0 radical (unpaired) electrons. The van der Waals surface area contributed by atoms with Crippen LogP contribution in [-0.4, -0.2) is 38.1 Å². The van der Waals surface area contributed by atoms with Crippen LogP contribution in [0.2, 0.25) is 0 Å². The van der Waals surface area contributed by atoms with Crippen LogP contribution in [0.25, 0.3) is 0 Å². The van der Waals surface area contributed by atoms with Crippen molar-refractivity contribution < 1.29 is 0 Å². The molecule has 2 nitrogen and oxygen atoms in total. The van der Waals surface area contributed by atoms with Crippen molar-refractivity contribution in [2.75, 3.05) is 27.2 Å². The first-order valence-electron chi connectivity index (χ1n) is 9.07. The fourth-order valence-corrected chi connectivity index (χ4v) is 4.76. The second-order valence-corrected chi connectivity index (χ2v) is 7.50. The van der Waals surface area contributed by atoms with Crippen LogP contribution in [0.3, 0.4) is 0 Å². The Bertz CT molecular complexity index is 266. The normalized spacial score (nSPS) is 35.0. The molecule has 20 heavy (non-hydrogen) atoms. The summed E-state index contributed by atoms with van der Waals surface area (Å²) in [6.07, 6.45) is 13.1. The van der Waals surface area contributed by atoms with Crippen LogP contribution in [0, 0.1) is 17.8 Å². The molecule has 0 spiro atoms. The zero-order valence-electron chi connectivity index (χ0n) is 14.0. The van der Waals surface area contributed by atoms with E-state index in [4.69, 9.17) is 0 Å². The number of piperidine rings is 1. The molecule has 1 aliphatic heterocycles. The number of nitrogens with zero attached hydrogens (tertiary/aromatic N) is 1. The summed E-state index contributed by atoms with van der Waals surface area (Å²) in [5.41, 5.74) is 0. The molecule has 2 fully saturated rings. The van der Waals surface area contributed by atoms with Crippen LogP contribution in [0.5, 0.6) is 0 Å². The average Bonchev–Trinajstić information content (AvgIpc) is 2.43. The van der Waals surface area contributed by atoms with Gasteiger partial charge in [-0.05, 0) is 77.0 Å². The first kappa shape index (κ1) is 16.3. The Hall–Kier alpha value is -0.0800. The van der Waals surface area contributed by atoms with Gasteiger partial charge in [-0.25, -0.2) is 0 Å². The van der Waals surface area contributed by atoms with Crippen molar-refractivity contribution in [3.63, 3.8) is 0 Å². The standard InChI is InChI=1S/C18H36N2/c1-15-13-16(9-6-4-5-7-11-19-2)17-10-8-12-20(3)18(17)14-15/h15-19H,4-14H2,1-3H3/t15-,16+,17-,18-/m1/s1. The second-order valence-electron chi connectivity index (χ2n) is 7.50. The smallest absolute Gasteiger partial charge is 0.0126 e. The minimum absolute atomic E-state index is 0.904. The van der Waals surface area contributed by atoms with E-state index in [2.05, 4.69) is 31.2 Å². The molecule has 1 aliphatic carbocycles. The van der Waals surface area contributed by atoms with Gasteiger partial charge in [0.05, 0.1) is 0 Å². The molecule has 2 rings (SSSR count). The average molecular weight is 280 g/mol. The molecule has 0 amide bonds. The van der Waals surface area contributed by atoms with E-state index in [1.807, 2.05) is 0 Å². The summed E-state index contributed by atoms with van der Waals surface area (Å²) in [6, 6.07) is 0.904. The first-order valence-corrected chi connectivity index (χ1v) is 9.07. The van der Waals surface area contributed by atoms with Crippen molar-refractivity contribution in [2.45, 2.75) is 70.8 Å². The van der Waals surface area contributed by atoms with Gasteiger partial charge < -0.3 is 10.2 Å². The van der Waals surface area contributed by atoms with Crippen LogP contribution in [0.1, 0.15) is 64.7 Å². The predicted molar refractivity (Wildman–Crippen MR) is 88.0 cm³/mol. The molecule has 2 aliphatic rings. The quantitative estimate of drug-likeness (QED) is 0.711. The van der Waals surface area contributed by atoms with E-state index in [-0.39, 0.29) is 0 Å². The zero-order valence-corrected chi connectivity index (χ0v) is 14.0. The Balaban J connectivity index is 1.74. The van der Waals surface area contributed by atoms with Gasteiger partial charge in [-0.2, -0.15) is 0 Å². The predicted octanol–water partition coefficient (Wildman–Crippen LogP) is 3.91. The summed E-state index contributed by atoms with van der Waals surface area (Å²) in [5.74, 6) is 2.99. The molecule has 1 heterocycles. The summed E-state index contributed by atoms with van der Waals surface area (Å²) in [4.78, 5) is 2.67. The third-order valence-corrected chi connectivity index (χ3v) is 5.81. The van der Waals surface area contributed by atoms with Crippen LogP contribution < -0.4 is 5.32 Å². The van der Waals surface area contributed by atoms with Crippen molar-refractivity contribution in [3.05, 3.63) is 0 Å². The summed E-state index contributed by atoms with van der Waals surface area (Å²) in [5, 5.41) is 3.25. The van der Waals surface area contributed by atoms with E-state index in [1.54, 1.807) is 0 Å². The largest absolute Gasteiger partial charge is 0.320 e. The summed E-state index contributed by atoms with van der Waals surface area (Å²) in [6.45, 7) is 5.01. The molecule has 0 aromatic rings. The lowest BCUT2D eigenvalue weighted by atomic mass is 9.66. The molecule has 4 atom stereocenters. The number of hydrogen-bond donors (Lipinski definition) is 1. The zero-order chi connectivity index (χ0) is 14.4. The molecular formula is C18H36N2. The van der Waals surface area contributed by atoms with Gasteiger partial charge in [0, 0.05) is 6.04 Å². The highest BCUT2D eigenvalue weighted by Gasteiger charge is 2.39. The van der Waals surface area contributed by atoms with E-state index < -0.39 is 0 Å². The second kappa shape index (κ2) is 8.38. The van der Waals surface area contributed by atoms with Crippen molar-refractivity contribution in [1.82, 2.24) is 10.2 Å². The molecular weight excluding hydrogens is 244 g/mol. The third-order valence-electron chi connectivity index (χ3n) is 5.81. The highest BCUT2D eigenvalue weighted by atomic mass is 15.1.